The molecule has 0 saturated carbocycles. The summed E-state index contributed by atoms with van der Waals surface area (Å²) >= 11 is 0. The van der Waals surface area contributed by atoms with Crippen LogP contribution in [0.15, 0.2) is 48.5 Å². The van der Waals surface area contributed by atoms with Gasteiger partial charge >= 0.3 is 5.97 Å². The molecule has 1 aliphatic heterocycles. The van der Waals surface area contributed by atoms with E-state index in [0.29, 0.717) is 19.1 Å². The van der Waals surface area contributed by atoms with E-state index in [2.05, 4.69) is 63.3 Å². The van der Waals surface area contributed by atoms with Gasteiger partial charge in [0.15, 0.2) is 0 Å². The van der Waals surface area contributed by atoms with Crippen LogP contribution in [0.3, 0.4) is 0 Å². The first kappa shape index (κ1) is 30.2. The molecular weight excluding hydrogens is 500 g/mol. The van der Waals surface area contributed by atoms with Crippen molar-refractivity contribution in [2.24, 2.45) is 0 Å². The summed E-state index contributed by atoms with van der Waals surface area (Å²) < 4.78 is 13.7. The molecule has 7 heteroatoms. The van der Waals surface area contributed by atoms with Crippen LogP contribution < -0.4 is 5.32 Å². The molecule has 0 spiro atoms. The summed E-state index contributed by atoms with van der Waals surface area (Å²) in [7, 11) is 1.88. The number of hydrogen-bond donors (Lipinski definition) is 1. The minimum absolute atomic E-state index is 0.196. The fraction of sp³-hybridized carbons (Fsp3) is 0.576. The predicted molar refractivity (Wildman–Crippen MR) is 162 cm³/mol. The van der Waals surface area contributed by atoms with E-state index in [-0.39, 0.29) is 11.5 Å². The summed E-state index contributed by atoms with van der Waals surface area (Å²) in [5, 5.41) is 3.17. The number of para-hydroxylation sites is 2. The average molecular weight is 549 g/mol. The van der Waals surface area contributed by atoms with Crippen molar-refractivity contribution in [3.05, 3.63) is 65.5 Å². The Hall–Kier alpha value is -2.74. The number of imidazole rings is 1. The van der Waals surface area contributed by atoms with Crippen LogP contribution >= 0.6 is 0 Å². The third kappa shape index (κ3) is 7.31. The Morgan fingerprint density at radius 3 is 2.40 bits per heavy atom. The van der Waals surface area contributed by atoms with E-state index in [1.165, 1.54) is 16.9 Å². The fourth-order valence-corrected chi connectivity index (χ4v) is 5.35. The van der Waals surface area contributed by atoms with Gasteiger partial charge in [0.2, 0.25) is 0 Å². The summed E-state index contributed by atoms with van der Waals surface area (Å²) in [5.41, 5.74) is 3.63. The van der Waals surface area contributed by atoms with E-state index in [1.807, 2.05) is 41.7 Å². The van der Waals surface area contributed by atoms with Crippen LogP contribution in [-0.2, 0) is 32.6 Å². The SMILES string of the molecule is CCOCCn1c(C2CCN(CCc3ccc(C(C)(C)C(=O)OCC(C)(C)NC)cc3)CC2)nc2ccccc21. The van der Waals surface area contributed by atoms with Gasteiger partial charge in [0, 0.05) is 31.2 Å². The van der Waals surface area contributed by atoms with Gasteiger partial charge in [-0.1, -0.05) is 36.4 Å². The number of fused-ring (bicyclic) bond motifs is 1. The Morgan fingerprint density at radius 1 is 1.02 bits per heavy atom. The maximum absolute atomic E-state index is 12.8. The number of carbonyl (C=O) groups excluding carboxylic acids is 1. The standard InChI is InChI=1S/C33H48N4O3/c1-7-39-23-22-37-29-11-9-8-10-28(29)35-30(37)26-17-20-36(21-18-26)19-16-25-12-14-27(15-13-25)33(4,5)31(38)40-24-32(2,3)34-6/h8-15,26,34H,7,16-24H2,1-6H3. The molecule has 1 aromatic heterocycles. The van der Waals surface area contributed by atoms with Crippen molar-refractivity contribution in [3.8, 4) is 0 Å². The maximum Gasteiger partial charge on any atom is 0.316 e. The van der Waals surface area contributed by atoms with Gasteiger partial charge in [0.05, 0.1) is 23.1 Å². The summed E-state index contributed by atoms with van der Waals surface area (Å²) in [6.07, 6.45) is 3.24. The Balaban J connectivity index is 1.30. The first-order valence-corrected chi connectivity index (χ1v) is 14.9. The second kappa shape index (κ2) is 13.3. The zero-order valence-corrected chi connectivity index (χ0v) is 25.3. The van der Waals surface area contributed by atoms with Crippen molar-refractivity contribution in [2.75, 3.05) is 46.5 Å². The number of likely N-dealkylation sites (tertiary alicyclic amines) is 1. The Bertz CT molecular complexity index is 1240. The highest BCUT2D eigenvalue weighted by Gasteiger charge is 2.33. The van der Waals surface area contributed by atoms with Gasteiger partial charge in [-0.15, -0.1) is 0 Å². The van der Waals surface area contributed by atoms with Gasteiger partial charge in [0.1, 0.15) is 12.4 Å². The average Bonchev–Trinajstić information content (AvgIpc) is 3.34. The van der Waals surface area contributed by atoms with E-state index in [1.54, 1.807) is 0 Å². The first-order chi connectivity index (χ1) is 19.1. The van der Waals surface area contributed by atoms with Crippen molar-refractivity contribution in [2.45, 2.75) is 77.3 Å². The lowest BCUT2D eigenvalue weighted by Gasteiger charge is -2.32. The number of aromatic nitrogens is 2. The van der Waals surface area contributed by atoms with Crippen LogP contribution in [-0.4, -0.2) is 72.5 Å². The molecule has 0 atom stereocenters. The molecule has 3 aromatic rings. The summed E-state index contributed by atoms with van der Waals surface area (Å²) in [6, 6.07) is 16.9. The molecule has 0 unspecified atom stereocenters. The Kier molecular flexibility index (Phi) is 10.0. The van der Waals surface area contributed by atoms with Crippen molar-refractivity contribution in [1.82, 2.24) is 19.8 Å². The van der Waals surface area contributed by atoms with Crippen LogP contribution in [0.1, 0.15) is 70.3 Å². The van der Waals surface area contributed by atoms with Gasteiger partial charge in [-0.3, -0.25) is 4.79 Å². The lowest BCUT2D eigenvalue weighted by molar-refractivity contribution is -0.151. The van der Waals surface area contributed by atoms with E-state index >= 15 is 0 Å². The lowest BCUT2D eigenvalue weighted by atomic mass is 9.84. The first-order valence-electron chi connectivity index (χ1n) is 14.9. The Morgan fingerprint density at radius 2 is 1.73 bits per heavy atom. The second-order valence-electron chi connectivity index (χ2n) is 12.2. The van der Waals surface area contributed by atoms with E-state index in [0.717, 1.165) is 63.1 Å². The third-order valence-corrected chi connectivity index (χ3v) is 8.44. The number of likely N-dealkylation sites (N-methyl/N-ethyl adjacent to an activating group) is 1. The van der Waals surface area contributed by atoms with Gasteiger partial charge < -0.3 is 24.3 Å². The summed E-state index contributed by atoms with van der Waals surface area (Å²) in [5.74, 6) is 1.50. The van der Waals surface area contributed by atoms with Crippen LogP contribution in [0, 0.1) is 0 Å². The normalized spacial score (nSPS) is 15.6. The largest absolute Gasteiger partial charge is 0.463 e. The smallest absolute Gasteiger partial charge is 0.316 e. The van der Waals surface area contributed by atoms with Crippen molar-refractivity contribution in [3.63, 3.8) is 0 Å². The molecular formula is C33H48N4O3. The predicted octanol–water partition coefficient (Wildman–Crippen LogP) is 5.31. The highest BCUT2D eigenvalue weighted by Crippen LogP contribution is 2.31. The molecule has 0 bridgehead atoms. The van der Waals surface area contributed by atoms with Gasteiger partial charge in [0.25, 0.3) is 0 Å². The second-order valence-corrected chi connectivity index (χ2v) is 12.2. The summed E-state index contributed by atoms with van der Waals surface area (Å²) in [4.78, 5) is 20.5. The van der Waals surface area contributed by atoms with Crippen molar-refractivity contribution >= 4 is 17.0 Å². The topological polar surface area (TPSA) is 68.6 Å². The number of benzene rings is 2. The van der Waals surface area contributed by atoms with Gasteiger partial charge in [-0.2, -0.15) is 0 Å². The molecule has 1 N–H and O–H groups in total. The summed E-state index contributed by atoms with van der Waals surface area (Å²) in [6.45, 7) is 15.8. The van der Waals surface area contributed by atoms with Crippen molar-refractivity contribution in [1.29, 1.82) is 0 Å². The molecule has 2 aromatic carbocycles. The molecule has 7 nitrogen and oxygen atoms in total. The maximum atomic E-state index is 12.8. The molecule has 0 radical (unpaired) electrons. The highest BCUT2D eigenvalue weighted by atomic mass is 16.5. The van der Waals surface area contributed by atoms with E-state index < -0.39 is 5.41 Å². The molecule has 0 amide bonds. The zero-order valence-electron chi connectivity index (χ0n) is 25.3. The van der Waals surface area contributed by atoms with Crippen molar-refractivity contribution < 1.29 is 14.3 Å². The van der Waals surface area contributed by atoms with Gasteiger partial charge in [-0.05, 0) is 97.3 Å². The minimum atomic E-state index is -0.691. The van der Waals surface area contributed by atoms with Crippen LogP contribution in [0.2, 0.25) is 0 Å². The molecule has 1 saturated heterocycles. The quantitative estimate of drug-likeness (QED) is 0.231. The van der Waals surface area contributed by atoms with Crippen LogP contribution in [0.5, 0.6) is 0 Å². The number of esters is 1. The highest BCUT2D eigenvalue weighted by molar-refractivity contribution is 5.82. The number of rotatable bonds is 13. The number of ether oxygens (including phenoxy) is 2. The van der Waals surface area contributed by atoms with Crippen LogP contribution in [0.4, 0.5) is 0 Å². The number of hydrogen-bond acceptors (Lipinski definition) is 6. The number of piperidine rings is 1. The molecule has 40 heavy (non-hydrogen) atoms. The van der Waals surface area contributed by atoms with Crippen LogP contribution in [0.25, 0.3) is 11.0 Å². The monoisotopic (exact) mass is 548 g/mol. The zero-order chi connectivity index (χ0) is 28.8. The molecule has 2 heterocycles. The number of nitrogens with zero attached hydrogens (tertiary/aromatic N) is 3. The minimum Gasteiger partial charge on any atom is -0.463 e. The van der Waals surface area contributed by atoms with Gasteiger partial charge in [-0.25, -0.2) is 4.98 Å². The lowest BCUT2D eigenvalue weighted by Crippen LogP contribution is -2.43. The third-order valence-electron chi connectivity index (χ3n) is 8.44. The number of nitrogens with one attached hydrogen (secondary N) is 1. The fourth-order valence-electron chi connectivity index (χ4n) is 5.35. The van der Waals surface area contributed by atoms with E-state index in [9.17, 15) is 4.79 Å². The molecule has 218 valence electrons. The molecule has 1 fully saturated rings. The molecule has 0 aliphatic carbocycles. The molecule has 1 aliphatic rings. The Labute approximate surface area is 240 Å². The number of carbonyl (C=O) groups is 1. The molecule has 4 rings (SSSR count). The van der Waals surface area contributed by atoms with E-state index in [4.69, 9.17) is 14.5 Å².